The number of nitrogens with zero attached hydrogens (tertiary/aromatic N) is 3. The van der Waals surface area contributed by atoms with Crippen LogP contribution in [0.5, 0.6) is 0 Å². The second-order valence-electron chi connectivity index (χ2n) is 5.38. The maximum atomic E-state index is 11.9. The summed E-state index contributed by atoms with van der Waals surface area (Å²) in [5, 5.41) is 17.2. The molecule has 3 rings (SSSR count). The second-order valence-corrected chi connectivity index (χ2v) is 7.58. The van der Waals surface area contributed by atoms with Crippen molar-refractivity contribution in [3.63, 3.8) is 0 Å². The molecule has 1 fully saturated rings. The molecule has 2 aromatic rings. The Hall–Kier alpha value is -1.98. The number of anilines is 1. The van der Waals surface area contributed by atoms with Gasteiger partial charge in [0, 0.05) is 19.2 Å². The molecule has 25 heavy (non-hydrogen) atoms. The van der Waals surface area contributed by atoms with Gasteiger partial charge in [0.25, 0.3) is 5.91 Å². The van der Waals surface area contributed by atoms with Gasteiger partial charge >= 0.3 is 0 Å². The molecule has 2 N–H and O–H groups in total. The van der Waals surface area contributed by atoms with Gasteiger partial charge in [0.2, 0.25) is 11.0 Å². The molecule has 0 aliphatic carbocycles. The molecule has 1 unspecified atom stereocenters. The van der Waals surface area contributed by atoms with Crippen LogP contribution in [0.4, 0.5) is 5.13 Å². The van der Waals surface area contributed by atoms with Crippen LogP contribution in [-0.2, 0) is 9.53 Å². The lowest BCUT2D eigenvalue weighted by atomic mass is 10.2. The maximum Gasteiger partial charge on any atom is 0.279 e. The SMILES string of the molecule is Cc1cc(C(=O)Nc2nnc(SCC(=O)NCC3CCCO3)s2)no1. The van der Waals surface area contributed by atoms with Crippen LogP contribution in [0, 0.1) is 6.92 Å². The number of hydrogen-bond donors (Lipinski definition) is 2. The molecule has 3 heterocycles. The highest BCUT2D eigenvalue weighted by molar-refractivity contribution is 8.01. The molecule has 1 aliphatic heterocycles. The second kappa shape index (κ2) is 8.41. The van der Waals surface area contributed by atoms with Crippen LogP contribution in [0.15, 0.2) is 14.9 Å². The average molecular weight is 383 g/mol. The predicted molar refractivity (Wildman–Crippen MR) is 91.8 cm³/mol. The summed E-state index contributed by atoms with van der Waals surface area (Å²) in [6.07, 6.45) is 2.15. The van der Waals surface area contributed by atoms with Crippen molar-refractivity contribution in [3.8, 4) is 0 Å². The highest BCUT2D eigenvalue weighted by Crippen LogP contribution is 2.25. The number of ether oxygens (including phenoxy) is 1. The third-order valence-corrected chi connectivity index (χ3v) is 5.34. The van der Waals surface area contributed by atoms with Crippen molar-refractivity contribution in [1.82, 2.24) is 20.7 Å². The lowest BCUT2D eigenvalue weighted by Crippen LogP contribution is -2.32. The minimum atomic E-state index is -0.418. The molecular weight excluding hydrogens is 366 g/mol. The van der Waals surface area contributed by atoms with Gasteiger partial charge in [0.15, 0.2) is 10.0 Å². The normalized spacial score (nSPS) is 16.8. The van der Waals surface area contributed by atoms with E-state index in [1.807, 2.05) is 0 Å². The van der Waals surface area contributed by atoms with Crippen molar-refractivity contribution in [2.45, 2.75) is 30.2 Å². The van der Waals surface area contributed by atoms with Crippen molar-refractivity contribution in [2.75, 3.05) is 24.2 Å². The van der Waals surface area contributed by atoms with Gasteiger partial charge < -0.3 is 14.6 Å². The Balaban J connectivity index is 1.41. The van der Waals surface area contributed by atoms with Gasteiger partial charge in [-0.25, -0.2) is 0 Å². The van der Waals surface area contributed by atoms with Crippen LogP contribution < -0.4 is 10.6 Å². The predicted octanol–water partition coefficient (Wildman–Crippen LogP) is 1.47. The number of rotatable bonds is 7. The van der Waals surface area contributed by atoms with Crippen LogP contribution in [0.1, 0.15) is 29.1 Å². The van der Waals surface area contributed by atoms with Crippen molar-refractivity contribution in [2.24, 2.45) is 0 Å². The van der Waals surface area contributed by atoms with Crippen LogP contribution in [0.25, 0.3) is 0 Å². The molecule has 0 saturated carbocycles. The number of carbonyl (C=O) groups excluding carboxylic acids is 2. The first kappa shape index (κ1) is 17.8. The van der Waals surface area contributed by atoms with Crippen LogP contribution >= 0.6 is 23.1 Å². The van der Waals surface area contributed by atoms with Crippen molar-refractivity contribution >= 4 is 40.0 Å². The fraction of sp³-hybridized carbons (Fsp3) is 0.500. The summed E-state index contributed by atoms with van der Waals surface area (Å²) >= 11 is 2.46. The zero-order valence-corrected chi connectivity index (χ0v) is 15.1. The summed E-state index contributed by atoms with van der Waals surface area (Å²) in [7, 11) is 0. The molecule has 0 bridgehead atoms. The highest BCUT2D eigenvalue weighted by Gasteiger charge is 2.17. The Labute approximate surface area is 151 Å². The highest BCUT2D eigenvalue weighted by atomic mass is 32.2. The molecule has 1 aliphatic rings. The molecule has 0 radical (unpaired) electrons. The zero-order chi connectivity index (χ0) is 17.6. The fourth-order valence-corrected chi connectivity index (χ4v) is 3.74. The fourth-order valence-electron chi connectivity index (χ4n) is 2.16. The van der Waals surface area contributed by atoms with Crippen molar-refractivity contribution in [3.05, 3.63) is 17.5 Å². The van der Waals surface area contributed by atoms with E-state index in [9.17, 15) is 9.59 Å². The largest absolute Gasteiger partial charge is 0.376 e. The lowest BCUT2D eigenvalue weighted by molar-refractivity contribution is -0.119. The van der Waals surface area contributed by atoms with Gasteiger partial charge in [-0.1, -0.05) is 28.3 Å². The van der Waals surface area contributed by atoms with Crippen LogP contribution in [0.2, 0.25) is 0 Å². The lowest BCUT2D eigenvalue weighted by Gasteiger charge is -2.09. The Bertz CT molecular complexity index is 741. The van der Waals surface area contributed by atoms with Gasteiger partial charge in [0.1, 0.15) is 5.76 Å². The smallest absolute Gasteiger partial charge is 0.279 e. The quantitative estimate of drug-likeness (QED) is 0.545. The number of nitrogens with one attached hydrogen (secondary N) is 2. The minimum Gasteiger partial charge on any atom is -0.376 e. The summed E-state index contributed by atoms with van der Waals surface area (Å²) < 4.78 is 10.9. The molecule has 0 aromatic carbocycles. The van der Waals surface area contributed by atoms with E-state index in [2.05, 4.69) is 26.0 Å². The number of thioether (sulfide) groups is 1. The molecule has 2 aromatic heterocycles. The molecule has 1 saturated heterocycles. The Kier molecular flexibility index (Phi) is 6.00. The zero-order valence-electron chi connectivity index (χ0n) is 13.5. The molecule has 0 spiro atoms. The average Bonchev–Trinajstić information content (AvgIpc) is 3.33. The van der Waals surface area contributed by atoms with E-state index in [-0.39, 0.29) is 23.5 Å². The Morgan fingerprint density at radius 1 is 1.44 bits per heavy atom. The summed E-state index contributed by atoms with van der Waals surface area (Å²) in [5.74, 6) is 0.281. The van der Waals surface area contributed by atoms with E-state index < -0.39 is 5.91 Å². The van der Waals surface area contributed by atoms with Crippen molar-refractivity contribution in [1.29, 1.82) is 0 Å². The first-order chi connectivity index (χ1) is 12.1. The summed E-state index contributed by atoms with van der Waals surface area (Å²) in [6, 6.07) is 1.53. The van der Waals surface area contributed by atoms with E-state index in [1.54, 1.807) is 6.92 Å². The molecule has 2 amide bonds. The van der Waals surface area contributed by atoms with Gasteiger partial charge in [-0.2, -0.15) is 0 Å². The van der Waals surface area contributed by atoms with Gasteiger partial charge in [-0.15, -0.1) is 10.2 Å². The van der Waals surface area contributed by atoms with E-state index in [4.69, 9.17) is 9.26 Å². The number of aromatic nitrogens is 3. The summed E-state index contributed by atoms with van der Waals surface area (Å²) in [6.45, 7) is 3.00. The maximum absolute atomic E-state index is 11.9. The number of carbonyl (C=O) groups is 2. The Morgan fingerprint density at radius 2 is 2.32 bits per heavy atom. The van der Waals surface area contributed by atoms with E-state index in [1.165, 1.54) is 29.2 Å². The third-order valence-electron chi connectivity index (χ3n) is 3.37. The minimum absolute atomic E-state index is 0.0839. The van der Waals surface area contributed by atoms with E-state index in [0.29, 0.717) is 21.8 Å². The molecular formula is C14H17N5O4S2. The van der Waals surface area contributed by atoms with Gasteiger partial charge in [-0.05, 0) is 19.8 Å². The number of hydrogen-bond acceptors (Lipinski definition) is 9. The van der Waals surface area contributed by atoms with E-state index >= 15 is 0 Å². The van der Waals surface area contributed by atoms with Gasteiger partial charge in [-0.3, -0.25) is 14.9 Å². The number of amides is 2. The Morgan fingerprint density at radius 3 is 3.04 bits per heavy atom. The van der Waals surface area contributed by atoms with Gasteiger partial charge in [0.05, 0.1) is 11.9 Å². The first-order valence-corrected chi connectivity index (χ1v) is 9.49. The number of aryl methyl sites for hydroxylation is 1. The third kappa shape index (κ3) is 5.25. The van der Waals surface area contributed by atoms with Crippen molar-refractivity contribution < 1.29 is 18.8 Å². The molecule has 1 atom stereocenters. The molecule has 134 valence electrons. The summed E-state index contributed by atoms with van der Waals surface area (Å²) in [5.41, 5.74) is 0.176. The van der Waals surface area contributed by atoms with Crippen LogP contribution in [-0.4, -0.2) is 52.2 Å². The summed E-state index contributed by atoms with van der Waals surface area (Å²) in [4.78, 5) is 23.8. The monoisotopic (exact) mass is 383 g/mol. The topological polar surface area (TPSA) is 119 Å². The van der Waals surface area contributed by atoms with E-state index in [0.717, 1.165) is 19.4 Å². The standard InChI is InChI=1S/C14H17N5O4S2/c1-8-5-10(19-23-8)12(21)16-13-17-18-14(25-13)24-7-11(20)15-6-9-3-2-4-22-9/h5,9H,2-4,6-7H2,1H3,(H,15,20)(H,16,17,21). The van der Waals surface area contributed by atoms with Crippen LogP contribution in [0.3, 0.4) is 0 Å². The molecule has 9 nitrogen and oxygen atoms in total. The molecule has 11 heteroatoms. The first-order valence-electron chi connectivity index (χ1n) is 7.69.